The van der Waals surface area contributed by atoms with Gasteiger partial charge < -0.3 is 4.74 Å². The van der Waals surface area contributed by atoms with E-state index in [1.807, 2.05) is 26.0 Å². The summed E-state index contributed by atoms with van der Waals surface area (Å²) in [5, 5.41) is 9.70. The van der Waals surface area contributed by atoms with Crippen molar-refractivity contribution in [2.45, 2.75) is 32.5 Å². The van der Waals surface area contributed by atoms with E-state index in [9.17, 15) is 0 Å². The second-order valence-corrected chi connectivity index (χ2v) is 5.40. The zero-order chi connectivity index (χ0) is 12.9. The molecule has 3 heteroatoms. The predicted octanol–water partition coefficient (Wildman–Crippen LogP) is 4.21. The van der Waals surface area contributed by atoms with Gasteiger partial charge in [-0.2, -0.15) is 5.26 Å². The highest BCUT2D eigenvalue weighted by Gasteiger charge is 2.16. The van der Waals surface area contributed by atoms with Crippen LogP contribution in [-0.2, 0) is 5.33 Å². The zero-order valence-corrected chi connectivity index (χ0v) is 12.2. The van der Waals surface area contributed by atoms with Gasteiger partial charge in [-0.15, -0.1) is 0 Å². The second-order valence-electron chi connectivity index (χ2n) is 4.84. The number of hydrogen-bond donors (Lipinski definition) is 0. The third-order valence-electron chi connectivity index (χ3n) is 2.65. The van der Waals surface area contributed by atoms with Gasteiger partial charge in [0.25, 0.3) is 0 Å². The molecule has 0 fully saturated rings. The van der Waals surface area contributed by atoms with Crippen LogP contribution in [0.1, 0.15) is 31.4 Å². The van der Waals surface area contributed by atoms with E-state index in [1.54, 1.807) is 0 Å². The minimum atomic E-state index is -0.320. The van der Waals surface area contributed by atoms with E-state index in [-0.39, 0.29) is 5.41 Å². The van der Waals surface area contributed by atoms with Gasteiger partial charge in [0.1, 0.15) is 5.75 Å². The molecule has 0 aliphatic heterocycles. The highest BCUT2D eigenvalue weighted by Crippen LogP contribution is 2.24. The first kappa shape index (κ1) is 14.1. The van der Waals surface area contributed by atoms with Gasteiger partial charge in [-0.25, -0.2) is 0 Å². The Morgan fingerprint density at radius 2 is 2.12 bits per heavy atom. The normalized spacial score (nSPS) is 11.0. The third kappa shape index (κ3) is 4.40. The Balaban J connectivity index is 2.61. The number of halogens is 1. The molecule has 0 heterocycles. The molecule has 2 nitrogen and oxygen atoms in total. The Bertz CT molecular complexity index is 421. The maximum Gasteiger partial charge on any atom is 0.123 e. The number of aryl methyl sites for hydroxylation is 1. The van der Waals surface area contributed by atoms with Gasteiger partial charge in [0, 0.05) is 10.9 Å². The lowest BCUT2D eigenvalue weighted by molar-refractivity contribution is 0.263. The molecule has 17 heavy (non-hydrogen) atoms. The number of nitrogens with zero attached hydrogens (tertiary/aromatic N) is 1. The molecular weight excluding hydrogens is 278 g/mol. The van der Waals surface area contributed by atoms with Crippen LogP contribution in [0.15, 0.2) is 18.2 Å². The Labute approximate surface area is 112 Å². The summed E-state index contributed by atoms with van der Waals surface area (Å²) in [6.07, 6.45) is 0.735. The highest BCUT2D eigenvalue weighted by molar-refractivity contribution is 9.08. The van der Waals surface area contributed by atoms with Crippen LogP contribution in [-0.4, -0.2) is 6.61 Å². The third-order valence-corrected chi connectivity index (χ3v) is 3.25. The van der Waals surface area contributed by atoms with Crippen LogP contribution in [0.5, 0.6) is 5.75 Å². The maximum absolute atomic E-state index is 8.92. The van der Waals surface area contributed by atoms with E-state index < -0.39 is 0 Å². The lowest BCUT2D eigenvalue weighted by Crippen LogP contribution is -2.13. The molecule has 0 radical (unpaired) electrons. The molecule has 1 rings (SSSR count). The fourth-order valence-electron chi connectivity index (χ4n) is 1.43. The second kappa shape index (κ2) is 6.07. The molecule has 0 unspecified atom stereocenters. The van der Waals surface area contributed by atoms with Crippen molar-refractivity contribution in [2.24, 2.45) is 5.41 Å². The van der Waals surface area contributed by atoms with Crippen LogP contribution >= 0.6 is 15.9 Å². The smallest absolute Gasteiger partial charge is 0.123 e. The number of nitriles is 1. The van der Waals surface area contributed by atoms with Crippen molar-refractivity contribution >= 4 is 15.9 Å². The minimum absolute atomic E-state index is 0.320. The van der Waals surface area contributed by atoms with Crippen molar-refractivity contribution in [1.82, 2.24) is 0 Å². The summed E-state index contributed by atoms with van der Waals surface area (Å²) < 4.78 is 5.74. The van der Waals surface area contributed by atoms with E-state index in [2.05, 4.69) is 35.0 Å². The summed E-state index contributed by atoms with van der Waals surface area (Å²) in [6, 6.07) is 8.42. The highest BCUT2D eigenvalue weighted by atomic mass is 79.9. The largest absolute Gasteiger partial charge is 0.493 e. The molecule has 0 aliphatic rings. The van der Waals surface area contributed by atoms with Gasteiger partial charge >= 0.3 is 0 Å². The average Bonchev–Trinajstić information content (AvgIpc) is 2.30. The van der Waals surface area contributed by atoms with Gasteiger partial charge in [0.2, 0.25) is 0 Å². The lowest BCUT2D eigenvalue weighted by Gasteiger charge is -2.16. The molecule has 0 atom stereocenters. The summed E-state index contributed by atoms with van der Waals surface area (Å²) in [4.78, 5) is 0. The number of rotatable bonds is 5. The molecule has 1 aromatic carbocycles. The van der Waals surface area contributed by atoms with Crippen LogP contribution in [0.4, 0.5) is 0 Å². The van der Waals surface area contributed by atoms with Crippen molar-refractivity contribution in [1.29, 1.82) is 5.26 Å². The van der Waals surface area contributed by atoms with E-state index in [0.29, 0.717) is 6.61 Å². The van der Waals surface area contributed by atoms with E-state index in [4.69, 9.17) is 10.00 Å². The van der Waals surface area contributed by atoms with E-state index in [0.717, 1.165) is 23.1 Å². The van der Waals surface area contributed by atoms with Crippen LogP contribution < -0.4 is 4.74 Å². The number of benzene rings is 1. The van der Waals surface area contributed by atoms with Gasteiger partial charge in [0.05, 0.1) is 18.1 Å². The quantitative estimate of drug-likeness (QED) is 0.763. The minimum Gasteiger partial charge on any atom is -0.493 e. The van der Waals surface area contributed by atoms with Crippen LogP contribution in [0.25, 0.3) is 0 Å². The molecule has 0 amide bonds. The summed E-state index contributed by atoms with van der Waals surface area (Å²) in [5.74, 6) is 0.904. The molecule has 0 N–H and O–H groups in total. The predicted molar refractivity (Wildman–Crippen MR) is 73.3 cm³/mol. The molecule has 92 valence electrons. The average molecular weight is 296 g/mol. The van der Waals surface area contributed by atoms with Crippen molar-refractivity contribution in [3.05, 3.63) is 29.3 Å². The van der Waals surface area contributed by atoms with E-state index >= 15 is 0 Å². The topological polar surface area (TPSA) is 33.0 Å². The summed E-state index contributed by atoms with van der Waals surface area (Å²) in [7, 11) is 0. The van der Waals surface area contributed by atoms with Crippen molar-refractivity contribution in [2.75, 3.05) is 6.61 Å². The summed E-state index contributed by atoms with van der Waals surface area (Å²) >= 11 is 3.46. The van der Waals surface area contributed by atoms with Crippen LogP contribution in [0.2, 0.25) is 0 Å². The van der Waals surface area contributed by atoms with Gasteiger partial charge in [-0.3, -0.25) is 0 Å². The lowest BCUT2D eigenvalue weighted by atomic mass is 9.92. The van der Waals surface area contributed by atoms with Crippen molar-refractivity contribution < 1.29 is 4.74 Å². The Morgan fingerprint density at radius 1 is 1.41 bits per heavy atom. The molecule has 0 bridgehead atoms. The Morgan fingerprint density at radius 3 is 2.71 bits per heavy atom. The first-order chi connectivity index (χ1) is 7.98. The van der Waals surface area contributed by atoms with Crippen LogP contribution in [0, 0.1) is 23.7 Å². The SMILES string of the molecule is Cc1ccc(OCCC(C)(C)C#N)c(CBr)c1. The van der Waals surface area contributed by atoms with Gasteiger partial charge in [-0.1, -0.05) is 33.6 Å². The molecule has 1 aromatic rings. The number of hydrogen-bond acceptors (Lipinski definition) is 2. The molecule has 0 saturated heterocycles. The molecule has 0 spiro atoms. The first-order valence-electron chi connectivity index (χ1n) is 5.68. The summed E-state index contributed by atoms with van der Waals surface area (Å²) in [5.41, 5.74) is 2.06. The zero-order valence-electron chi connectivity index (χ0n) is 10.6. The van der Waals surface area contributed by atoms with Crippen LogP contribution in [0.3, 0.4) is 0 Å². The number of ether oxygens (including phenoxy) is 1. The van der Waals surface area contributed by atoms with E-state index in [1.165, 1.54) is 5.56 Å². The van der Waals surface area contributed by atoms with Gasteiger partial charge in [0.15, 0.2) is 0 Å². The first-order valence-corrected chi connectivity index (χ1v) is 6.80. The maximum atomic E-state index is 8.92. The molecule has 0 saturated carbocycles. The molecule has 0 aliphatic carbocycles. The Hall–Kier alpha value is -1.01. The standard InChI is InChI=1S/C14H18BrNO/c1-11-4-5-13(12(8-11)9-15)17-7-6-14(2,3)10-16/h4-5,8H,6-7,9H2,1-3H3. The fraction of sp³-hybridized carbons (Fsp3) is 0.500. The van der Waals surface area contributed by atoms with Gasteiger partial charge in [-0.05, 0) is 33.3 Å². The monoisotopic (exact) mass is 295 g/mol. The van der Waals surface area contributed by atoms with Crippen molar-refractivity contribution in [3.63, 3.8) is 0 Å². The van der Waals surface area contributed by atoms with Crippen molar-refractivity contribution in [3.8, 4) is 11.8 Å². The fourth-order valence-corrected chi connectivity index (χ4v) is 1.86. The Kier molecular flexibility index (Phi) is 5.02. The number of alkyl halides is 1. The molecule has 0 aromatic heterocycles. The summed E-state index contributed by atoms with van der Waals surface area (Å²) in [6.45, 7) is 6.49. The molecular formula is C14H18BrNO.